The molecule has 1 heterocycles. The lowest BCUT2D eigenvalue weighted by molar-refractivity contribution is -0.301. The second kappa shape index (κ2) is 58.3. The standard InChI is InChI=1S/C71H120O12/c1-4-7-10-13-16-19-22-25-28-31-32-35-36-39-42-45-48-51-54-57-63(72)79-60-62(81-64(73)58-55-52-49-46-43-40-37-33-29-26-23-20-17-14-11-8-5-2)61-80-71-69(67(76)66(75)68(83-71)70(77)78)82-65(74)59-56-53-50-47-44-41-38-34-30-27-24-21-18-15-12-9-6-3/h9,12,16,18-19,21,25,27-28,30,32,35,38,41,62,66-69,71,75-76H,4-8,10-11,13-15,17,20,22-24,26,29,31,33-34,36-37,39-40,42-61H2,1-3H3,(H,77,78)/b12-9-,19-16-,21-18-,28-25-,30-27-,35-32-,41-38-. The summed E-state index contributed by atoms with van der Waals surface area (Å²) < 4.78 is 28.5. The van der Waals surface area contributed by atoms with Gasteiger partial charge in [-0.3, -0.25) is 14.4 Å². The first-order valence-electron chi connectivity index (χ1n) is 33.6. The molecule has 0 aromatic rings. The highest BCUT2D eigenvalue weighted by molar-refractivity contribution is 5.74. The third-order valence-electron chi connectivity index (χ3n) is 15.0. The zero-order valence-electron chi connectivity index (χ0n) is 52.7. The van der Waals surface area contributed by atoms with Gasteiger partial charge in [-0.1, -0.05) is 260 Å². The van der Waals surface area contributed by atoms with Crippen LogP contribution in [0.2, 0.25) is 0 Å². The molecule has 6 atom stereocenters. The van der Waals surface area contributed by atoms with Gasteiger partial charge < -0.3 is 39.0 Å². The predicted octanol–water partition coefficient (Wildman–Crippen LogP) is 18.2. The maximum atomic E-state index is 13.2. The van der Waals surface area contributed by atoms with Gasteiger partial charge in [-0.15, -0.1) is 0 Å². The van der Waals surface area contributed by atoms with E-state index in [0.29, 0.717) is 19.3 Å². The van der Waals surface area contributed by atoms with Crippen molar-refractivity contribution in [3.63, 3.8) is 0 Å². The monoisotopic (exact) mass is 1160 g/mol. The van der Waals surface area contributed by atoms with E-state index in [1.165, 1.54) is 109 Å². The highest BCUT2D eigenvalue weighted by Gasteiger charge is 2.50. The third-order valence-corrected chi connectivity index (χ3v) is 15.0. The maximum Gasteiger partial charge on any atom is 0.335 e. The van der Waals surface area contributed by atoms with E-state index in [1.807, 2.05) is 0 Å². The normalized spacial score (nSPS) is 18.1. The molecule has 83 heavy (non-hydrogen) atoms. The van der Waals surface area contributed by atoms with Gasteiger partial charge in [0.25, 0.3) is 0 Å². The average Bonchev–Trinajstić information content (AvgIpc) is 3.55. The summed E-state index contributed by atoms with van der Waals surface area (Å²) in [5.74, 6) is -3.15. The summed E-state index contributed by atoms with van der Waals surface area (Å²) in [5, 5.41) is 31.6. The number of unbranched alkanes of at least 4 members (excludes halogenated alkanes) is 29. The number of carboxylic acids is 1. The second-order valence-electron chi connectivity index (χ2n) is 22.7. The average molecular weight is 1170 g/mol. The van der Waals surface area contributed by atoms with E-state index >= 15 is 0 Å². The molecule has 0 aromatic carbocycles. The van der Waals surface area contributed by atoms with Crippen LogP contribution in [0.15, 0.2) is 85.1 Å². The molecule has 12 heteroatoms. The van der Waals surface area contributed by atoms with E-state index < -0.39 is 67.3 Å². The summed E-state index contributed by atoms with van der Waals surface area (Å²) in [6, 6.07) is 0. The molecular weight excluding hydrogens is 1040 g/mol. The molecule has 3 N–H and O–H groups in total. The van der Waals surface area contributed by atoms with Crippen molar-refractivity contribution in [2.45, 2.75) is 327 Å². The van der Waals surface area contributed by atoms with Crippen LogP contribution in [-0.4, -0.2) is 89.2 Å². The first-order chi connectivity index (χ1) is 40.6. The number of hydrogen-bond acceptors (Lipinski definition) is 11. The number of carbonyl (C=O) groups is 4. The Morgan fingerprint density at radius 1 is 0.410 bits per heavy atom. The van der Waals surface area contributed by atoms with Crippen LogP contribution in [0.4, 0.5) is 0 Å². The largest absolute Gasteiger partial charge is 0.479 e. The Kier molecular flexibility index (Phi) is 54.0. The summed E-state index contributed by atoms with van der Waals surface area (Å²) in [4.78, 5) is 51.4. The number of aliphatic carboxylic acids is 1. The van der Waals surface area contributed by atoms with E-state index in [-0.39, 0.29) is 25.9 Å². The van der Waals surface area contributed by atoms with Crippen LogP contribution in [0.5, 0.6) is 0 Å². The van der Waals surface area contributed by atoms with Gasteiger partial charge in [0.05, 0.1) is 6.61 Å². The molecule has 0 spiro atoms. The Hall–Kier alpha value is -4.10. The van der Waals surface area contributed by atoms with Gasteiger partial charge in [0.15, 0.2) is 24.6 Å². The zero-order chi connectivity index (χ0) is 60.3. The molecule has 0 amide bonds. The molecule has 0 bridgehead atoms. The van der Waals surface area contributed by atoms with Gasteiger partial charge in [-0.25, -0.2) is 4.79 Å². The molecule has 0 aliphatic carbocycles. The molecule has 1 fully saturated rings. The summed E-state index contributed by atoms with van der Waals surface area (Å²) in [5.41, 5.74) is 0. The first kappa shape index (κ1) is 76.9. The minimum Gasteiger partial charge on any atom is -0.479 e. The molecule has 0 saturated carbocycles. The number of carboxylic acid groups (broad SMARTS) is 1. The van der Waals surface area contributed by atoms with E-state index in [2.05, 4.69) is 106 Å². The molecule has 1 saturated heterocycles. The number of aliphatic hydroxyl groups is 2. The zero-order valence-corrected chi connectivity index (χ0v) is 52.7. The SMILES string of the molecule is CC/C=C\C/C=C\C/C=C\C/C=C\CCCCCCC(=O)OC1C(OCC(COC(=O)CCCCCCCC/C=C\C/C=C\C/C=C\CCCCC)OC(=O)CCCCCCCCCCCCCCCCCCC)OC(C(=O)O)C(O)C1O. The Morgan fingerprint density at radius 2 is 0.759 bits per heavy atom. The number of esters is 3. The first-order valence-corrected chi connectivity index (χ1v) is 33.6. The van der Waals surface area contributed by atoms with E-state index in [1.54, 1.807) is 0 Å². The van der Waals surface area contributed by atoms with Gasteiger partial charge >= 0.3 is 23.9 Å². The predicted molar refractivity (Wildman–Crippen MR) is 340 cm³/mol. The van der Waals surface area contributed by atoms with Crippen LogP contribution >= 0.6 is 0 Å². The van der Waals surface area contributed by atoms with Crippen molar-refractivity contribution >= 4 is 23.9 Å². The lowest BCUT2D eigenvalue weighted by atomic mass is 9.98. The molecule has 6 unspecified atom stereocenters. The number of aliphatic hydroxyl groups excluding tert-OH is 2. The molecule has 0 radical (unpaired) electrons. The highest BCUT2D eigenvalue weighted by Crippen LogP contribution is 2.27. The van der Waals surface area contributed by atoms with Gasteiger partial charge in [-0.2, -0.15) is 0 Å². The van der Waals surface area contributed by atoms with Crippen molar-refractivity contribution in [3.8, 4) is 0 Å². The van der Waals surface area contributed by atoms with Crippen LogP contribution < -0.4 is 0 Å². The molecular formula is C71H120O12. The van der Waals surface area contributed by atoms with Crippen LogP contribution in [0, 0.1) is 0 Å². The summed E-state index contributed by atoms with van der Waals surface area (Å²) in [6.45, 7) is 5.87. The van der Waals surface area contributed by atoms with Crippen LogP contribution in [0.3, 0.4) is 0 Å². The van der Waals surface area contributed by atoms with Crippen LogP contribution in [0.25, 0.3) is 0 Å². The van der Waals surface area contributed by atoms with E-state index in [0.717, 1.165) is 122 Å². The van der Waals surface area contributed by atoms with Crippen molar-refractivity contribution < 1.29 is 58.2 Å². The number of hydrogen-bond donors (Lipinski definition) is 3. The topological polar surface area (TPSA) is 175 Å². The van der Waals surface area contributed by atoms with Gasteiger partial charge in [0.1, 0.15) is 18.8 Å². The molecule has 0 aromatic heterocycles. The summed E-state index contributed by atoms with van der Waals surface area (Å²) >= 11 is 0. The molecule has 1 aliphatic rings. The fraction of sp³-hybridized carbons (Fsp3) is 0.746. The fourth-order valence-electron chi connectivity index (χ4n) is 9.84. The highest BCUT2D eigenvalue weighted by atomic mass is 16.7. The van der Waals surface area contributed by atoms with Crippen LogP contribution in [-0.2, 0) is 42.9 Å². The molecule has 1 aliphatic heterocycles. The summed E-state index contributed by atoms with van der Waals surface area (Å²) in [6.07, 6.45) is 63.9. The second-order valence-corrected chi connectivity index (χ2v) is 22.7. The summed E-state index contributed by atoms with van der Waals surface area (Å²) in [7, 11) is 0. The Bertz CT molecular complexity index is 1760. The van der Waals surface area contributed by atoms with Gasteiger partial charge in [-0.05, 0) is 96.3 Å². The lowest BCUT2D eigenvalue weighted by Gasteiger charge is -2.40. The maximum absolute atomic E-state index is 13.2. The van der Waals surface area contributed by atoms with Crippen molar-refractivity contribution in [2.75, 3.05) is 13.2 Å². The minimum atomic E-state index is -1.92. The molecule has 476 valence electrons. The molecule has 12 nitrogen and oxygen atoms in total. The van der Waals surface area contributed by atoms with E-state index in [9.17, 15) is 34.5 Å². The van der Waals surface area contributed by atoms with Crippen molar-refractivity contribution in [1.29, 1.82) is 0 Å². The number of carbonyl (C=O) groups excluding carboxylic acids is 3. The fourth-order valence-corrected chi connectivity index (χ4v) is 9.84. The number of allylic oxidation sites excluding steroid dienone is 14. The van der Waals surface area contributed by atoms with Gasteiger partial charge in [0, 0.05) is 19.3 Å². The third kappa shape index (κ3) is 47.8. The molecule has 1 rings (SSSR count). The minimum absolute atomic E-state index is 0.0296. The van der Waals surface area contributed by atoms with Crippen molar-refractivity contribution in [2.24, 2.45) is 0 Å². The van der Waals surface area contributed by atoms with Crippen molar-refractivity contribution in [3.05, 3.63) is 85.1 Å². The van der Waals surface area contributed by atoms with E-state index in [4.69, 9.17) is 23.7 Å². The van der Waals surface area contributed by atoms with Gasteiger partial charge in [0.2, 0.25) is 0 Å². The lowest BCUT2D eigenvalue weighted by Crippen LogP contribution is -2.61. The Balaban J connectivity index is 2.67. The Labute approximate surface area is 505 Å². The van der Waals surface area contributed by atoms with Crippen molar-refractivity contribution in [1.82, 2.24) is 0 Å². The quantitative estimate of drug-likeness (QED) is 0.0228. The number of ether oxygens (including phenoxy) is 5. The van der Waals surface area contributed by atoms with Crippen LogP contribution in [0.1, 0.15) is 290 Å². The number of rotatable bonds is 57. The Morgan fingerprint density at radius 3 is 1.18 bits per heavy atom. The smallest absolute Gasteiger partial charge is 0.335 e.